The number of benzene rings is 2. The summed E-state index contributed by atoms with van der Waals surface area (Å²) in [6.07, 6.45) is -5.08. The van der Waals surface area contributed by atoms with Gasteiger partial charge in [0.05, 0.1) is 22.5 Å². The van der Waals surface area contributed by atoms with E-state index in [2.05, 4.69) is 10.3 Å². The lowest BCUT2D eigenvalue weighted by Gasteiger charge is -2.09. The van der Waals surface area contributed by atoms with Crippen LogP contribution in [0, 0.1) is 0 Å². The van der Waals surface area contributed by atoms with Gasteiger partial charge in [-0.1, -0.05) is 24.3 Å². The number of carbonyl (C=O) groups excluding carboxylic acids is 1. The first kappa shape index (κ1) is 22.9. The monoisotopic (exact) mass is 437 g/mol. The summed E-state index contributed by atoms with van der Waals surface area (Å²) in [6.45, 7) is 0. The number of anilines is 2. The summed E-state index contributed by atoms with van der Waals surface area (Å²) >= 11 is 0. The van der Waals surface area contributed by atoms with Crippen molar-refractivity contribution in [1.82, 2.24) is 4.98 Å². The smallest absolute Gasteiger partial charge is 0.478 e. The molecule has 0 aliphatic rings. The number of nitrogens with one attached hydrogen (secondary N) is 2. The number of nitrogen functional groups attached to an aromatic ring is 1. The van der Waals surface area contributed by atoms with Gasteiger partial charge in [0, 0.05) is 5.39 Å². The van der Waals surface area contributed by atoms with Gasteiger partial charge in [-0.05, 0) is 24.3 Å². The molecule has 0 saturated heterocycles. The van der Waals surface area contributed by atoms with Crippen LogP contribution in [0.15, 0.2) is 53.3 Å². The number of fused-ring (bicyclic) bond motifs is 1. The first-order chi connectivity index (χ1) is 14.4. The lowest BCUT2D eigenvalue weighted by molar-refractivity contribution is -0.192. The zero-order valence-electron chi connectivity index (χ0n) is 15.4. The van der Waals surface area contributed by atoms with Gasteiger partial charge in [-0.2, -0.15) is 13.2 Å². The highest BCUT2D eigenvalue weighted by atomic mass is 19.4. The van der Waals surface area contributed by atoms with Gasteiger partial charge in [0.15, 0.2) is 0 Å². The van der Waals surface area contributed by atoms with Gasteiger partial charge in [0.1, 0.15) is 5.56 Å². The summed E-state index contributed by atoms with van der Waals surface area (Å²) in [5, 5.41) is 19.3. The molecule has 0 spiro atoms. The van der Waals surface area contributed by atoms with Crippen molar-refractivity contribution in [2.24, 2.45) is 0 Å². The number of aliphatic carboxylic acids is 1. The number of aromatic amines is 1. The third kappa shape index (κ3) is 5.59. The Morgan fingerprint density at radius 2 is 1.58 bits per heavy atom. The molecule has 0 aliphatic heterocycles. The molecule has 0 saturated carbocycles. The largest absolute Gasteiger partial charge is 0.490 e. The maximum absolute atomic E-state index is 12.4. The predicted octanol–water partition coefficient (Wildman–Crippen LogP) is 2.69. The Balaban J connectivity index is 0.000000423. The van der Waals surface area contributed by atoms with Crippen LogP contribution in [0.5, 0.6) is 0 Å². The third-order valence-corrected chi connectivity index (χ3v) is 3.80. The fourth-order valence-corrected chi connectivity index (χ4v) is 2.39. The molecule has 3 rings (SSSR count). The number of carboxylic acid groups (broad SMARTS) is 2. The van der Waals surface area contributed by atoms with E-state index in [1.807, 2.05) is 0 Å². The lowest BCUT2D eigenvalue weighted by atomic mass is 10.1. The third-order valence-electron chi connectivity index (χ3n) is 3.80. The van der Waals surface area contributed by atoms with Crippen LogP contribution in [0.3, 0.4) is 0 Å². The summed E-state index contributed by atoms with van der Waals surface area (Å²) in [4.78, 5) is 47.2. The summed E-state index contributed by atoms with van der Waals surface area (Å²) < 4.78 is 31.7. The highest BCUT2D eigenvalue weighted by molar-refractivity contribution is 6.09. The van der Waals surface area contributed by atoms with Crippen molar-refractivity contribution in [3.8, 4) is 0 Å². The van der Waals surface area contributed by atoms with Crippen molar-refractivity contribution in [3.05, 3.63) is 70.0 Å². The normalized spacial score (nSPS) is 10.7. The van der Waals surface area contributed by atoms with Crippen LogP contribution >= 0.6 is 0 Å². The van der Waals surface area contributed by atoms with E-state index in [1.165, 1.54) is 18.2 Å². The molecule has 1 heterocycles. The van der Waals surface area contributed by atoms with Gasteiger partial charge in [-0.15, -0.1) is 0 Å². The van der Waals surface area contributed by atoms with Crippen LogP contribution in [-0.4, -0.2) is 39.2 Å². The predicted molar refractivity (Wildman–Crippen MR) is 104 cm³/mol. The average molecular weight is 437 g/mol. The summed E-state index contributed by atoms with van der Waals surface area (Å²) in [6, 6.07) is 12.4. The molecular formula is C19H14F3N3O6. The van der Waals surface area contributed by atoms with Gasteiger partial charge >= 0.3 is 18.1 Å². The summed E-state index contributed by atoms with van der Waals surface area (Å²) in [5.74, 6) is -4.63. The van der Waals surface area contributed by atoms with E-state index in [0.717, 1.165) is 0 Å². The Labute approximate surface area is 170 Å². The molecule has 0 bridgehead atoms. The second-order valence-corrected chi connectivity index (χ2v) is 5.93. The molecule has 0 unspecified atom stereocenters. The molecular weight excluding hydrogens is 423 g/mol. The molecule has 0 fully saturated rings. The van der Waals surface area contributed by atoms with Crippen LogP contribution in [0.4, 0.5) is 24.5 Å². The molecule has 9 nitrogen and oxygen atoms in total. The van der Waals surface area contributed by atoms with E-state index in [9.17, 15) is 27.6 Å². The van der Waals surface area contributed by atoms with Crippen molar-refractivity contribution in [3.63, 3.8) is 0 Å². The second-order valence-electron chi connectivity index (χ2n) is 5.93. The topological polar surface area (TPSA) is 163 Å². The average Bonchev–Trinajstić information content (AvgIpc) is 2.68. The molecule has 0 radical (unpaired) electrons. The Bertz CT molecular complexity index is 1220. The summed E-state index contributed by atoms with van der Waals surface area (Å²) in [7, 11) is 0. The van der Waals surface area contributed by atoms with Crippen LogP contribution in [-0.2, 0) is 4.79 Å². The van der Waals surface area contributed by atoms with E-state index in [4.69, 9.17) is 20.7 Å². The molecule has 1 amide bonds. The Hall–Kier alpha value is -4.35. The number of hydrogen-bond acceptors (Lipinski definition) is 5. The standard InChI is InChI=1S/C17H13N3O4.C2HF3O2/c18-12-6-3-4-9-8-11(16(22)20-14(9)12)15(21)19-13-7-2-1-5-10(13)17(23)24;3-2(4,5)1(6)7/h1-8H,18H2,(H,19,21)(H,20,22)(H,23,24);(H,6,7). The maximum atomic E-state index is 12.4. The minimum atomic E-state index is -5.08. The first-order valence-electron chi connectivity index (χ1n) is 8.27. The Kier molecular flexibility index (Phi) is 6.65. The summed E-state index contributed by atoms with van der Waals surface area (Å²) in [5.41, 5.74) is 5.95. The number of alkyl halides is 3. The van der Waals surface area contributed by atoms with Crippen LogP contribution < -0.4 is 16.6 Å². The first-order valence-corrected chi connectivity index (χ1v) is 8.27. The van der Waals surface area contributed by atoms with Crippen molar-refractivity contribution in [1.29, 1.82) is 0 Å². The van der Waals surface area contributed by atoms with Gasteiger partial charge in [0.2, 0.25) is 0 Å². The van der Waals surface area contributed by atoms with E-state index in [-0.39, 0.29) is 16.8 Å². The lowest BCUT2D eigenvalue weighted by Crippen LogP contribution is -2.24. The molecule has 2 aromatic carbocycles. The number of hydrogen-bond donors (Lipinski definition) is 5. The number of aromatic carboxylic acids is 1. The number of para-hydroxylation sites is 2. The maximum Gasteiger partial charge on any atom is 0.490 e. The van der Waals surface area contributed by atoms with E-state index in [1.54, 1.807) is 30.3 Å². The van der Waals surface area contributed by atoms with Gasteiger partial charge in [-0.25, -0.2) is 9.59 Å². The van der Waals surface area contributed by atoms with Crippen LogP contribution in [0.1, 0.15) is 20.7 Å². The highest BCUT2D eigenvalue weighted by Crippen LogP contribution is 2.19. The molecule has 31 heavy (non-hydrogen) atoms. The van der Waals surface area contributed by atoms with Gasteiger partial charge < -0.3 is 26.2 Å². The number of halogens is 3. The van der Waals surface area contributed by atoms with Crippen LogP contribution in [0.2, 0.25) is 0 Å². The number of pyridine rings is 1. The number of carboxylic acids is 2. The van der Waals surface area contributed by atoms with E-state index >= 15 is 0 Å². The fourth-order valence-electron chi connectivity index (χ4n) is 2.39. The molecule has 3 aromatic rings. The van der Waals surface area contributed by atoms with E-state index < -0.39 is 29.6 Å². The molecule has 6 N–H and O–H groups in total. The number of aromatic nitrogens is 1. The van der Waals surface area contributed by atoms with Gasteiger partial charge in [-0.3, -0.25) is 9.59 Å². The molecule has 12 heteroatoms. The number of carbonyl (C=O) groups is 3. The molecule has 0 atom stereocenters. The molecule has 162 valence electrons. The van der Waals surface area contributed by atoms with Crippen molar-refractivity contribution < 1.29 is 37.8 Å². The number of amides is 1. The Morgan fingerprint density at radius 3 is 2.16 bits per heavy atom. The number of H-pyrrole nitrogens is 1. The Morgan fingerprint density at radius 1 is 0.968 bits per heavy atom. The molecule has 1 aromatic heterocycles. The molecule has 0 aliphatic carbocycles. The van der Waals surface area contributed by atoms with Gasteiger partial charge in [0.25, 0.3) is 11.5 Å². The zero-order valence-corrected chi connectivity index (χ0v) is 15.4. The SMILES string of the molecule is Nc1cccc2cc(C(=O)Nc3ccccc3C(=O)O)c(=O)[nH]c12.O=C(O)C(F)(F)F. The van der Waals surface area contributed by atoms with E-state index in [0.29, 0.717) is 16.6 Å². The number of nitrogens with two attached hydrogens (primary N) is 1. The minimum absolute atomic E-state index is 0.0627. The number of rotatable bonds is 3. The quantitative estimate of drug-likeness (QED) is 0.393. The fraction of sp³-hybridized carbons (Fsp3) is 0.0526. The second kappa shape index (κ2) is 8.98. The van der Waals surface area contributed by atoms with Crippen LogP contribution in [0.25, 0.3) is 10.9 Å². The minimum Gasteiger partial charge on any atom is -0.478 e. The van der Waals surface area contributed by atoms with Crippen molar-refractivity contribution >= 4 is 40.1 Å². The highest BCUT2D eigenvalue weighted by Gasteiger charge is 2.38. The zero-order chi connectivity index (χ0) is 23.3. The van der Waals surface area contributed by atoms with Crippen molar-refractivity contribution in [2.45, 2.75) is 6.18 Å². The van der Waals surface area contributed by atoms with Crippen molar-refractivity contribution in [2.75, 3.05) is 11.1 Å².